The molecule has 1 aliphatic rings. The first kappa shape index (κ1) is 41.0. The van der Waals surface area contributed by atoms with Crippen LogP contribution >= 0.6 is 0 Å². The molecule has 0 aromatic heterocycles. The maximum atomic E-state index is 13.3. The molecular weight excluding hydrogens is 600 g/mol. The van der Waals surface area contributed by atoms with Gasteiger partial charge < -0.3 is 43.2 Å². The molecule has 0 radical (unpaired) electrons. The second kappa shape index (κ2) is 21.7. The van der Waals surface area contributed by atoms with Gasteiger partial charge in [-0.3, -0.25) is 28.9 Å². The van der Waals surface area contributed by atoms with Crippen LogP contribution in [-0.2, 0) is 35.3 Å². The maximum Gasteiger partial charge on any atom is 0.404 e. The third kappa shape index (κ3) is 13.8. The standard InChI is InChI=1S/C26H36N8O8.2C2H6/c1-14(2)21(33-23(38)18(12-27)34-19(35)9-10-20(34)36)24(39)32-17(4-3-11-30-25(28)40)22(37)31-16-7-5-15(6-8-16)13-42-26(29)41;2*1-2/h5-10,14,17-18,21H,3-4,11-13,27H2,1-2H3,(H2,29,41)(H,31,37)(H,32,39)(H,33,38)(H3,28,30,40);2*1-2H3. The monoisotopic (exact) mass is 648 g/mol. The molecule has 1 aromatic carbocycles. The van der Waals surface area contributed by atoms with Crippen molar-refractivity contribution in [3.8, 4) is 0 Å². The van der Waals surface area contributed by atoms with Gasteiger partial charge in [0.1, 0.15) is 24.7 Å². The number of nitrogens with one attached hydrogen (secondary N) is 4. The third-order valence-corrected chi connectivity index (χ3v) is 6.13. The van der Waals surface area contributed by atoms with E-state index in [1.165, 1.54) is 0 Å². The maximum absolute atomic E-state index is 13.3. The third-order valence-electron chi connectivity index (χ3n) is 6.13. The lowest BCUT2D eigenvalue weighted by Gasteiger charge is -2.29. The Morgan fingerprint density at radius 1 is 0.848 bits per heavy atom. The van der Waals surface area contributed by atoms with E-state index in [4.69, 9.17) is 21.9 Å². The van der Waals surface area contributed by atoms with Gasteiger partial charge in [-0.2, -0.15) is 0 Å². The van der Waals surface area contributed by atoms with E-state index in [0.29, 0.717) is 16.2 Å². The molecule has 16 nitrogen and oxygen atoms in total. The van der Waals surface area contributed by atoms with Crippen LogP contribution in [0, 0.1) is 5.92 Å². The van der Waals surface area contributed by atoms with E-state index < -0.39 is 65.7 Å². The number of nitrogens with zero attached hydrogens (tertiary/aromatic N) is 1. The van der Waals surface area contributed by atoms with Gasteiger partial charge in [0.2, 0.25) is 17.7 Å². The Morgan fingerprint density at radius 2 is 1.41 bits per heavy atom. The number of ether oxygens (including phenoxy) is 1. The second-order valence-corrected chi connectivity index (χ2v) is 9.65. The summed E-state index contributed by atoms with van der Waals surface area (Å²) in [7, 11) is 0. The Balaban J connectivity index is 0.00000486. The smallest absolute Gasteiger partial charge is 0.404 e. The molecule has 0 fully saturated rings. The van der Waals surface area contributed by atoms with E-state index in [-0.39, 0.29) is 32.5 Å². The first-order valence-electron chi connectivity index (χ1n) is 15.0. The summed E-state index contributed by atoms with van der Waals surface area (Å²) in [5.41, 5.74) is 16.7. The van der Waals surface area contributed by atoms with Crippen molar-refractivity contribution in [3.05, 3.63) is 42.0 Å². The van der Waals surface area contributed by atoms with Crippen molar-refractivity contribution < 1.29 is 38.3 Å². The number of carbonyl (C=O) groups excluding carboxylic acids is 7. The molecule has 46 heavy (non-hydrogen) atoms. The summed E-state index contributed by atoms with van der Waals surface area (Å²) >= 11 is 0. The average molecular weight is 649 g/mol. The molecule has 1 aromatic rings. The molecule has 0 saturated heterocycles. The van der Waals surface area contributed by atoms with Crippen molar-refractivity contribution in [2.24, 2.45) is 23.1 Å². The summed E-state index contributed by atoms with van der Waals surface area (Å²) in [5.74, 6) is -3.98. The number of hydrogen-bond acceptors (Lipinski definition) is 9. The lowest BCUT2D eigenvalue weighted by Crippen LogP contribution is -2.60. The number of benzene rings is 1. The number of imide groups is 1. The zero-order valence-corrected chi connectivity index (χ0v) is 27.3. The zero-order chi connectivity index (χ0) is 35.4. The fraction of sp³-hybridized carbons (Fsp3) is 0.500. The molecular formula is C30H48N8O8. The van der Waals surface area contributed by atoms with Crippen molar-refractivity contribution in [2.45, 2.75) is 79.1 Å². The molecule has 10 N–H and O–H groups in total. The Bertz CT molecular complexity index is 1200. The van der Waals surface area contributed by atoms with Crippen LogP contribution in [0.15, 0.2) is 36.4 Å². The van der Waals surface area contributed by atoms with Crippen molar-refractivity contribution in [2.75, 3.05) is 18.4 Å². The summed E-state index contributed by atoms with van der Waals surface area (Å²) < 4.78 is 4.72. The highest BCUT2D eigenvalue weighted by molar-refractivity contribution is 6.15. The highest BCUT2D eigenvalue weighted by atomic mass is 16.5. The van der Waals surface area contributed by atoms with Crippen LogP contribution in [0.4, 0.5) is 15.3 Å². The van der Waals surface area contributed by atoms with Crippen LogP contribution in [0.1, 0.15) is 59.9 Å². The average Bonchev–Trinajstić information content (AvgIpc) is 3.36. The molecule has 0 bridgehead atoms. The van der Waals surface area contributed by atoms with E-state index in [1.807, 2.05) is 27.7 Å². The number of amides is 8. The first-order chi connectivity index (χ1) is 21.8. The van der Waals surface area contributed by atoms with Gasteiger partial charge >= 0.3 is 12.1 Å². The van der Waals surface area contributed by atoms with Gasteiger partial charge in [0.25, 0.3) is 11.8 Å². The minimum Gasteiger partial charge on any atom is -0.445 e. The van der Waals surface area contributed by atoms with E-state index >= 15 is 0 Å². The van der Waals surface area contributed by atoms with Gasteiger partial charge in [0, 0.05) is 30.9 Å². The van der Waals surface area contributed by atoms with Gasteiger partial charge in [0.15, 0.2) is 0 Å². The summed E-state index contributed by atoms with van der Waals surface area (Å²) in [6, 6.07) is 1.98. The van der Waals surface area contributed by atoms with Crippen LogP contribution in [0.5, 0.6) is 0 Å². The molecule has 16 heteroatoms. The summed E-state index contributed by atoms with van der Waals surface area (Å²) in [5, 5.41) is 10.2. The van der Waals surface area contributed by atoms with Crippen LogP contribution in [0.2, 0.25) is 0 Å². The highest BCUT2D eigenvalue weighted by Gasteiger charge is 2.37. The van der Waals surface area contributed by atoms with Gasteiger partial charge in [0.05, 0.1) is 0 Å². The minimum absolute atomic E-state index is 0.0565. The SMILES string of the molecule is CC.CC.CC(C)C(NC(=O)C(CN)N1C(=O)C=CC1=O)C(=O)NC(CCCNC(N)=O)C(=O)Nc1ccc(COC(N)=O)cc1. The summed E-state index contributed by atoms with van der Waals surface area (Å²) in [6.07, 6.45) is 1.47. The van der Waals surface area contributed by atoms with Crippen molar-refractivity contribution >= 4 is 47.3 Å². The molecule has 0 spiro atoms. The second-order valence-electron chi connectivity index (χ2n) is 9.65. The fourth-order valence-corrected chi connectivity index (χ4v) is 3.95. The number of carbonyl (C=O) groups is 7. The quantitative estimate of drug-likeness (QED) is 0.104. The predicted octanol–water partition coefficient (Wildman–Crippen LogP) is 0.599. The van der Waals surface area contributed by atoms with Gasteiger partial charge in [-0.25, -0.2) is 9.59 Å². The Labute approximate surface area is 269 Å². The number of nitrogens with two attached hydrogens (primary N) is 3. The topological polar surface area (TPSA) is 258 Å². The molecule has 2 rings (SSSR count). The molecule has 3 unspecified atom stereocenters. The van der Waals surface area contributed by atoms with E-state index in [2.05, 4.69) is 21.3 Å². The summed E-state index contributed by atoms with van der Waals surface area (Å²) in [4.78, 5) is 86.1. The number of anilines is 1. The van der Waals surface area contributed by atoms with Crippen LogP contribution in [0.25, 0.3) is 0 Å². The Morgan fingerprint density at radius 3 is 1.89 bits per heavy atom. The van der Waals surface area contributed by atoms with E-state index in [1.54, 1.807) is 38.1 Å². The normalized spacial score (nSPS) is 13.6. The lowest BCUT2D eigenvalue weighted by molar-refractivity contribution is -0.145. The Kier molecular flexibility index (Phi) is 19.3. The van der Waals surface area contributed by atoms with Crippen molar-refractivity contribution in [1.29, 1.82) is 0 Å². The molecule has 0 saturated carbocycles. The van der Waals surface area contributed by atoms with E-state index in [9.17, 15) is 33.6 Å². The number of primary amides is 2. The van der Waals surface area contributed by atoms with Gasteiger partial charge in [-0.15, -0.1) is 0 Å². The first-order valence-corrected chi connectivity index (χ1v) is 15.0. The molecule has 1 heterocycles. The van der Waals surface area contributed by atoms with Crippen LogP contribution < -0.4 is 38.5 Å². The minimum atomic E-state index is -1.34. The molecule has 0 aliphatic carbocycles. The number of hydrogen-bond donors (Lipinski definition) is 7. The zero-order valence-electron chi connectivity index (χ0n) is 27.3. The van der Waals surface area contributed by atoms with Crippen LogP contribution in [-0.4, -0.2) is 77.8 Å². The number of urea groups is 1. The highest BCUT2D eigenvalue weighted by Crippen LogP contribution is 2.14. The molecule has 1 aliphatic heterocycles. The molecule has 8 amide bonds. The fourth-order valence-electron chi connectivity index (χ4n) is 3.95. The predicted molar refractivity (Wildman–Crippen MR) is 171 cm³/mol. The van der Waals surface area contributed by atoms with Gasteiger partial charge in [-0.05, 0) is 36.5 Å². The molecule has 256 valence electrons. The molecule has 3 atom stereocenters. The lowest BCUT2D eigenvalue weighted by atomic mass is 10.0. The van der Waals surface area contributed by atoms with Crippen molar-refractivity contribution in [1.82, 2.24) is 20.9 Å². The Hall–Kier alpha value is -4.99. The largest absolute Gasteiger partial charge is 0.445 e. The number of rotatable bonds is 15. The van der Waals surface area contributed by atoms with E-state index in [0.717, 1.165) is 12.2 Å². The van der Waals surface area contributed by atoms with Crippen LogP contribution in [0.3, 0.4) is 0 Å². The van der Waals surface area contributed by atoms with Crippen molar-refractivity contribution in [3.63, 3.8) is 0 Å². The van der Waals surface area contributed by atoms with Gasteiger partial charge in [-0.1, -0.05) is 53.7 Å². The summed E-state index contributed by atoms with van der Waals surface area (Å²) in [6.45, 7) is 11.0.